The summed E-state index contributed by atoms with van der Waals surface area (Å²) < 4.78 is 0. The maximum Gasteiger partial charge on any atom is 0.224 e. The van der Waals surface area contributed by atoms with Crippen LogP contribution in [-0.4, -0.2) is 20.2 Å². The number of nitrogen functional groups attached to an aromatic ring is 1. The molecule has 0 fully saturated rings. The molecule has 0 saturated carbocycles. The minimum absolute atomic E-state index is 0.0255. The fourth-order valence-corrected chi connectivity index (χ4v) is 2.32. The number of rotatable bonds is 2. The van der Waals surface area contributed by atoms with Crippen LogP contribution in [0.2, 0.25) is 0 Å². The van der Waals surface area contributed by atoms with E-state index in [1.165, 1.54) is 5.56 Å². The number of anilines is 3. The maximum atomic E-state index is 5.75. The number of hydrogen-bond acceptors (Lipinski definition) is 5. The Bertz CT molecular complexity index is 784. The van der Waals surface area contributed by atoms with Gasteiger partial charge in [-0.1, -0.05) is 39.0 Å². The predicted molar refractivity (Wildman–Crippen MR) is 84.5 cm³/mol. The van der Waals surface area contributed by atoms with Crippen molar-refractivity contribution >= 4 is 28.5 Å². The molecule has 0 amide bonds. The lowest BCUT2D eigenvalue weighted by Gasteiger charge is -2.23. The third kappa shape index (κ3) is 2.52. The van der Waals surface area contributed by atoms with Gasteiger partial charge < -0.3 is 11.1 Å². The Hall–Kier alpha value is -2.63. The second-order valence-corrected chi connectivity index (χ2v) is 5.98. The first-order chi connectivity index (χ1) is 9.95. The Morgan fingerprint density at radius 1 is 1.14 bits per heavy atom. The lowest BCUT2D eigenvalue weighted by Crippen LogP contribution is -2.14. The van der Waals surface area contributed by atoms with Crippen molar-refractivity contribution in [3.63, 3.8) is 0 Å². The first kappa shape index (κ1) is 13.4. The van der Waals surface area contributed by atoms with Gasteiger partial charge in [0.2, 0.25) is 5.95 Å². The zero-order chi connectivity index (χ0) is 15.0. The van der Waals surface area contributed by atoms with Gasteiger partial charge in [0.1, 0.15) is 5.82 Å². The minimum Gasteiger partial charge on any atom is -0.368 e. The van der Waals surface area contributed by atoms with Crippen molar-refractivity contribution < 1.29 is 0 Å². The van der Waals surface area contributed by atoms with Gasteiger partial charge in [-0.15, -0.1) is 0 Å². The molecule has 3 rings (SSSR count). The summed E-state index contributed by atoms with van der Waals surface area (Å²) in [6, 6.07) is 8.17. The fraction of sp³-hybridized carbons (Fsp3) is 0.267. The van der Waals surface area contributed by atoms with Crippen LogP contribution in [0.4, 0.5) is 17.5 Å². The second-order valence-electron chi connectivity index (χ2n) is 5.98. The number of benzene rings is 1. The van der Waals surface area contributed by atoms with Crippen molar-refractivity contribution in [2.75, 3.05) is 11.1 Å². The van der Waals surface area contributed by atoms with E-state index in [4.69, 9.17) is 5.73 Å². The number of aromatic nitrogens is 4. The van der Waals surface area contributed by atoms with Crippen LogP contribution >= 0.6 is 0 Å². The molecule has 0 unspecified atom stereocenters. The average molecular weight is 282 g/mol. The van der Waals surface area contributed by atoms with Gasteiger partial charge in [-0.25, -0.2) is 0 Å². The van der Waals surface area contributed by atoms with Crippen LogP contribution in [0.3, 0.4) is 0 Å². The summed E-state index contributed by atoms with van der Waals surface area (Å²) in [5, 5.41) is 11.0. The number of fused-ring (bicyclic) bond motifs is 1. The Labute approximate surface area is 122 Å². The molecule has 2 aromatic heterocycles. The molecule has 0 aliphatic heterocycles. The number of hydrogen-bond donors (Lipinski definition) is 3. The summed E-state index contributed by atoms with van der Waals surface area (Å²) in [5.41, 5.74) is 8.61. The summed E-state index contributed by atoms with van der Waals surface area (Å²) >= 11 is 0. The Morgan fingerprint density at radius 2 is 1.90 bits per heavy atom. The van der Waals surface area contributed by atoms with E-state index in [1.54, 1.807) is 6.20 Å². The van der Waals surface area contributed by atoms with E-state index in [2.05, 4.69) is 52.3 Å². The third-order valence-corrected chi connectivity index (χ3v) is 3.32. The average Bonchev–Trinajstić information content (AvgIpc) is 2.86. The number of aromatic amines is 1. The van der Waals surface area contributed by atoms with Gasteiger partial charge >= 0.3 is 0 Å². The predicted octanol–water partition coefficient (Wildman–Crippen LogP) is 2.98. The molecular weight excluding hydrogens is 264 g/mol. The minimum atomic E-state index is 0.0255. The summed E-state index contributed by atoms with van der Waals surface area (Å²) in [6.45, 7) is 6.53. The number of H-pyrrole nitrogens is 1. The van der Waals surface area contributed by atoms with Crippen LogP contribution < -0.4 is 11.1 Å². The SMILES string of the molecule is CC(C)(C)c1ccccc1Nc1nc(N)nc2[nH]ncc12. The van der Waals surface area contributed by atoms with Gasteiger partial charge in [0, 0.05) is 5.69 Å². The quantitative estimate of drug-likeness (QED) is 0.672. The molecule has 6 heteroatoms. The summed E-state index contributed by atoms with van der Waals surface area (Å²) in [4.78, 5) is 8.41. The van der Waals surface area contributed by atoms with Crippen LogP contribution in [0.15, 0.2) is 30.5 Å². The van der Waals surface area contributed by atoms with E-state index in [1.807, 2.05) is 18.2 Å². The van der Waals surface area contributed by atoms with Gasteiger partial charge in [0.25, 0.3) is 0 Å². The molecule has 21 heavy (non-hydrogen) atoms. The van der Waals surface area contributed by atoms with Crippen molar-refractivity contribution in [3.05, 3.63) is 36.0 Å². The highest BCUT2D eigenvalue weighted by Crippen LogP contribution is 2.32. The molecule has 0 bridgehead atoms. The molecule has 1 aromatic carbocycles. The van der Waals surface area contributed by atoms with Crippen LogP contribution in [0, 0.1) is 0 Å². The molecule has 3 aromatic rings. The molecule has 4 N–H and O–H groups in total. The van der Waals surface area contributed by atoms with E-state index in [-0.39, 0.29) is 11.4 Å². The highest BCUT2D eigenvalue weighted by Gasteiger charge is 2.18. The standard InChI is InChI=1S/C15H18N6/c1-15(2,3)10-6-4-5-7-11(10)18-12-9-8-17-21-13(9)20-14(16)19-12/h4-8H,1-3H3,(H4,16,17,18,19,20,21). The van der Waals surface area contributed by atoms with Crippen molar-refractivity contribution in [1.29, 1.82) is 0 Å². The first-order valence-electron chi connectivity index (χ1n) is 6.78. The topological polar surface area (TPSA) is 92.5 Å². The Morgan fingerprint density at radius 3 is 2.67 bits per heavy atom. The third-order valence-electron chi connectivity index (χ3n) is 3.32. The van der Waals surface area contributed by atoms with E-state index in [0.29, 0.717) is 11.5 Å². The molecular formula is C15H18N6. The van der Waals surface area contributed by atoms with Gasteiger partial charge in [0.15, 0.2) is 5.65 Å². The van der Waals surface area contributed by atoms with Gasteiger partial charge in [0.05, 0.1) is 11.6 Å². The number of nitrogens with two attached hydrogens (primary N) is 1. The van der Waals surface area contributed by atoms with Gasteiger partial charge in [-0.3, -0.25) is 5.10 Å². The smallest absolute Gasteiger partial charge is 0.224 e. The Balaban J connectivity index is 2.09. The van der Waals surface area contributed by atoms with Gasteiger partial charge in [-0.05, 0) is 17.0 Å². The molecule has 0 radical (unpaired) electrons. The fourth-order valence-electron chi connectivity index (χ4n) is 2.32. The summed E-state index contributed by atoms with van der Waals surface area (Å²) in [5.74, 6) is 0.866. The van der Waals surface area contributed by atoms with Crippen molar-refractivity contribution in [2.45, 2.75) is 26.2 Å². The van der Waals surface area contributed by atoms with E-state index < -0.39 is 0 Å². The molecule has 0 atom stereocenters. The normalized spacial score (nSPS) is 11.8. The number of nitrogens with one attached hydrogen (secondary N) is 2. The highest BCUT2D eigenvalue weighted by molar-refractivity contribution is 5.89. The number of nitrogens with zero attached hydrogens (tertiary/aromatic N) is 3. The molecule has 0 aliphatic rings. The van der Waals surface area contributed by atoms with Crippen LogP contribution in [-0.2, 0) is 5.41 Å². The highest BCUT2D eigenvalue weighted by atomic mass is 15.2. The molecule has 2 heterocycles. The molecule has 6 nitrogen and oxygen atoms in total. The monoisotopic (exact) mass is 282 g/mol. The van der Waals surface area contributed by atoms with E-state index >= 15 is 0 Å². The maximum absolute atomic E-state index is 5.75. The Kier molecular flexibility index (Phi) is 3.01. The van der Waals surface area contributed by atoms with Crippen molar-refractivity contribution in [1.82, 2.24) is 20.2 Å². The van der Waals surface area contributed by atoms with Crippen LogP contribution in [0.5, 0.6) is 0 Å². The first-order valence-corrected chi connectivity index (χ1v) is 6.78. The number of para-hydroxylation sites is 1. The molecule has 0 spiro atoms. The zero-order valence-electron chi connectivity index (χ0n) is 12.3. The van der Waals surface area contributed by atoms with Crippen molar-refractivity contribution in [3.8, 4) is 0 Å². The molecule has 108 valence electrons. The lowest BCUT2D eigenvalue weighted by molar-refractivity contribution is 0.592. The summed E-state index contributed by atoms with van der Waals surface area (Å²) in [6.07, 6.45) is 1.69. The molecule has 0 aliphatic carbocycles. The molecule has 0 saturated heterocycles. The van der Waals surface area contributed by atoms with E-state index in [0.717, 1.165) is 11.1 Å². The largest absolute Gasteiger partial charge is 0.368 e. The lowest BCUT2D eigenvalue weighted by atomic mass is 9.86. The van der Waals surface area contributed by atoms with E-state index in [9.17, 15) is 0 Å². The second kappa shape index (κ2) is 4.73. The van der Waals surface area contributed by atoms with Crippen LogP contribution in [0.1, 0.15) is 26.3 Å². The zero-order valence-corrected chi connectivity index (χ0v) is 12.3. The van der Waals surface area contributed by atoms with Crippen molar-refractivity contribution in [2.24, 2.45) is 0 Å². The summed E-state index contributed by atoms with van der Waals surface area (Å²) in [7, 11) is 0. The van der Waals surface area contributed by atoms with Gasteiger partial charge in [-0.2, -0.15) is 15.1 Å². The van der Waals surface area contributed by atoms with Crippen LogP contribution in [0.25, 0.3) is 11.0 Å².